The number of aromatic nitrogens is 1. The normalized spacial score (nSPS) is 12.0. The second-order valence-electron chi connectivity index (χ2n) is 6.91. The maximum absolute atomic E-state index is 6.08. The zero-order valence-corrected chi connectivity index (χ0v) is 17.4. The second-order valence-corrected chi connectivity index (χ2v) is 7.34. The van der Waals surface area contributed by atoms with Crippen LogP contribution in [0.1, 0.15) is 22.9 Å². The number of anilines is 1. The quantitative estimate of drug-likeness (QED) is 0.392. The molecule has 1 heterocycles. The molecule has 0 saturated heterocycles. The number of para-hydroxylation sites is 1. The van der Waals surface area contributed by atoms with Crippen LogP contribution in [0.4, 0.5) is 5.69 Å². The molecule has 1 unspecified atom stereocenters. The lowest BCUT2D eigenvalue weighted by Crippen LogP contribution is -2.13. The molecule has 0 radical (unpaired) electrons. The zero-order valence-electron chi connectivity index (χ0n) is 16.6. The number of benzene rings is 3. The Bertz CT molecular complexity index is 1140. The molecular formula is C24H23ClN2O2. The van der Waals surface area contributed by atoms with Crippen molar-refractivity contribution < 1.29 is 9.47 Å². The summed E-state index contributed by atoms with van der Waals surface area (Å²) in [5.74, 6) is 1.41. The third-order valence-corrected chi connectivity index (χ3v) is 5.38. The molecule has 0 aliphatic carbocycles. The topological polar surface area (TPSA) is 46.3 Å². The van der Waals surface area contributed by atoms with E-state index < -0.39 is 0 Å². The summed E-state index contributed by atoms with van der Waals surface area (Å²) in [6, 6.07) is 22.0. The molecule has 0 saturated carbocycles. The number of hydrogen-bond acceptors (Lipinski definition) is 3. The molecule has 29 heavy (non-hydrogen) atoms. The van der Waals surface area contributed by atoms with Gasteiger partial charge in [0.05, 0.1) is 20.3 Å². The van der Waals surface area contributed by atoms with Crippen molar-refractivity contribution >= 4 is 28.2 Å². The van der Waals surface area contributed by atoms with E-state index in [1.54, 1.807) is 14.2 Å². The Kier molecular flexibility index (Phi) is 5.36. The summed E-state index contributed by atoms with van der Waals surface area (Å²) in [5, 5.41) is 5.57. The summed E-state index contributed by atoms with van der Waals surface area (Å²) in [7, 11) is 3.30. The van der Waals surface area contributed by atoms with Crippen LogP contribution >= 0.6 is 11.6 Å². The van der Waals surface area contributed by atoms with Crippen LogP contribution in [0.25, 0.3) is 10.9 Å². The maximum Gasteiger partial charge on any atom is 0.161 e. The third kappa shape index (κ3) is 3.76. The first-order valence-electron chi connectivity index (χ1n) is 9.42. The molecule has 4 nitrogen and oxygen atoms in total. The van der Waals surface area contributed by atoms with Gasteiger partial charge in [0.2, 0.25) is 0 Å². The average Bonchev–Trinajstić information content (AvgIpc) is 3.08. The van der Waals surface area contributed by atoms with Crippen LogP contribution in [0.15, 0.2) is 66.7 Å². The van der Waals surface area contributed by atoms with E-state index in [-0.39, 0.29) is 6.04 Å². The highest BCUT2D eigenvalue weighted by Crippen LogP contribution is 2.38. The molecule has 4 rings (SSSR count). The minimum absolute atomic E-state index is 0.0906. The van der Waals surface area contributed by atoms with E-state index in [4.69, 9.17) is 21.1 Å². The van der Waals surface area contributed by atoms with Crippen molar-refractivity contribution in [2.24, 2.45) is 0 Å². The van der Waals surface area contributed by atoms with E-state index in [1.807, 2.05) is 42.5 Å². The Labute approximate surface area is 175 Å². The Morgan fingerprint density at radius 1 is 0.897 bits per heavy atom. The number of rotatable bonds is 6. The van der Waals surface area contributed by atoms with Gasteiger partial charge in [0.25, 0.3) is 0 Å². The van der Waals surface area contributed by atoms with Gasteiger partial charge in [0.15, 0.2) is 11.5 Å². The molecule has 5 heteroatoms. The van der Waals surface area contributed by atoms with Crippen molar-refractivity contribution in [3.05, 3.63) is 88.6 Å². The van der Waals surface area contributed by atoms with Crippen molar-refractivity contribution in [2.75, 3.05) is 19.5 Å². The molecule has 148 valence electrons. The summed E-state index contributed by atoms with van der Waals surface area (Å²) in [5.41, 5.74) is 5.49. The van der Waals surface area contributed by atoms with Gasteiger partial charge >= 0.3 is 0 Å². The average molecular weight is 407 g/mol. The molecule has 0 amide bonds. The third-order valence-electron chi connectivity index (χ3n) is 5.13. The van der Waals surface area contributed by atoms with Crippen LogP contribution in [0.3, 0.4) is 0 Å². The minimum atomic E-state index is -0.0906. The summed E-state index contributed by atoms with van der Waals surface area (Å²) in [6.07, 6.45) is 0. The summed E-state index contributed by atoms with van der Waals surface area (Å²) in [6.45, 7) is 2.10. The summed E-state index contributed by atoms with van der Waals surface area (Å²) < 4.78 is 11.0. The van der Waals surface area contributed by atoms with Gasteiger partial charge in [-0.3, -0.25) is 0 Å². The number of aryl methyl sites for hydroxylation is 1. The van der Waals surface area contributed by atoms with E-state index in [0.717, 1.165) is 22.5 Å². The van der Waals surface area contributed by atoms with E-state index >= 15 is 0 Å². The summed E-state index contributed by atoms with van der Waals surface area (Å²) >= 11 is 6.08. The molecule has 0 aliphatic rings. The van der Waals surface area contributed by atoms with Gasteiger partial charge in [-0.2, -0.15) is 0 Å². The SMILES string of the molecule is COc1ccc(C(Nc2ccc(Cl)cc2)c2c(C)[nH]c3ccccc23)cc1OC. The second kappa shape index (κ2) is 8.10. The van der Waals surface area contributed by atoms with Gasteiger partial charge < -0.3 is 19.8 Å². The number of hydrogen-bond donors (Lipinski definition) is 2. The summed E-state index contributed by atoms with van der Waals surface area (Å²) in [4.78, 5) is 3.51. The smallest absolute Gasteiger partial charge is 0.161 e. The van der Waals surface area contributed by atoms with Gasteiger partial charge in [-0.15, -0.1) is 0 Å². The first-order chi connectivity index (χ1) is 14.1. The molecule has 3 aromatic carbocycles. The first kappa shape index (κ1) is 19.2. The number of H-pyrrole nitrogens is 1. The lowest BCUT2D eigenvalue weighted by molar-refractivity contribution is 0.354. The standard InChI is InChI=1S/C24H23ClN2O2/c1-15-23(19-6-4-5-7-20(19)26-15)24(27-18-11-9-17(25)10-12-18)16-8-13-21(28-2)22(14-16)29-3/h4-14,24,26-27H,1-3H3. The molecule has 1 atom stereocenters. The van der Waals surface area contributed by atoms with Crippen molar-refractivity contribution in [1.82, 2.24) is 4.98 Å². The lowest BCUT2D eigenvalue weighted by Gasteiger charge is -2.23. The molecular weight excluding hydrogens is 384 g/mol. The van der Waals surface area contributed by atoms with Gasteiger partial charge in [0.1, 0.15) is 0 Å². The lowest BCUT2D eigenvalue weighted by atomic mass is 9.95. The number of halogens is 1. The Balaban J connectivity index is 1.87. The number of ether oxygens (including phenoxy) is 2. The highest BCUT2D eigenvalue weighted by Gasteiger charge is 2.22. The van der Waals surface area contributed by atoms with Crippen LogP contribution in [0.5, 0.6) is 11.5 Å². The molecule has 4 aromatic rings. The van der Waals surface area contributed by atoms with E-state index in [0.29, 0.717) is 16.5 Å². The van der Waals surface area contributed by atoms with Crippen LogP contribution < -0.4 is 14.8 Å². The Morgan fingerprint density at radius 2 is 1.62 bits per heavy atom. The van der Waals surface area contributed by atoms with E-state index in [1.165, 1.54) is 10.9 Å². The van der Waals surface area contributed by atoms with Gasteiger partial charge in [0, 0.05) is 32.9 Å². The molecule has 2 N–H and O–H groups in total. The number of nitrogens with one attached hydrogen (secondary N) is 2. The molecule has 0 bridgehead atoms. The molecule has 0 spiro atoms. The van der Waals surface area contributed by atoms with Crippen LogP contribution in [0.2, 0.25) is 5.02 Å². The van der Waals surface area contributed by atoms with Crippen molar-refractivity contribution in [1.29, 1.82) is 0 Å². The Hall–Kier alpha value is -3.11. The fraction of sp³-hybridized carbons (Fsp3) is 0.167. The zero-order chi connectivity index (χ0) is 20.4. The van der Waals surface area contributed by atoms with Gasteiger partial charge in [-0.05, 0) is 55.0 Å². The fourth-order valence-corrected chi connectivity index (χ4v) is 3.86. The molecule has 0 aliphatic heterocycles. The minimum Gasteiger partial charge on any atom is -0.493 e. The Morgan fingerprint density at radius 3 is 2.34 bits per heavy atom. The molecule has 0 fully saturated rings. The highest BCUT2D eigenvalue weighted by atomic mass is 35.5. The monoisotopic (exact) mass is 406 g/mol. The van der Waals surface area contributed by atoms with Crippen molar-refractivity contribution in [3.8, 4) is 11.5 Å². The van der Waals surface area contributed by atoms with Crippen molar-refractivity contribution in [2.45, 2.75) is 13.0 Å². The van der Waals surface area contributed by atoms with Crippen LogP contribution in [-0.4, -0.2) is 19.2 Å². The van der Waals surface area contributed by atoms with Crippen LogP contribution in [0, 0.1) is 6.92 Å². The first-order valence-corrected chi connectivity index (χ1v) is 9.79. The fourth-order valence-electron chi connectivity index (χ4n) is 3.74. The largest absolute Gasteiger partial charge is 0.493 e. The predicted molar refractivity (Wildman–Crippen MR) is 119 cm³/mol. The van der Waals surface area contributed by atoms with E-state index in [9.17, 15) is 0 Å². The number of fused-ring (bicyclic) bond motifs is 1. The maximum atomic E-state index is 6.08. The number of methoxy groups -OCH3 is 2. The number of aromatic amines is 1. The predicted octanol–water partition coefficient (Wildman–Crippen LogP) is 6.35. The van der Waals surface area contributed by atoms with Gasteiger partial charge in [-0.25, -0.2) is 0 Å². The van der Waals surface area contributed by atoms with E-state index in [2.05, 4.69) is 41.5 Å². The molecule has 1 aromatic heterocycles. The van der Waals surface area contributed by atoms with Crippen LogP contribution in [-0.2, 0) is 0 Å². The van der Waals surface area contributed by atoms with Gasteiger partial charge in [-0.1, -0.05) is 35.9 Å². The highest BCUT2D eigenvalue weighted by molar-refractivity contribution is 6.30. The van der Waals surface area contributed by atoms with Crippen molar-refractivity contribution in [3.63, 3.8) is 0 Å².